The van der Waals surface area contributed by atoms with Crippen LogP contribution in [-0.4, -0.2) is 59.9 Å². The Kier molecular flexibility index (Phi) is 8.02. The largest absolute Gasteiger partial charge is 0.461 e. The minimum atomic E-state index is -0.391. The fourth-order valence-corrected chi connectivity index (χ4v) is 4.46. The van der Waals surface area contributed by atoms with Crippen molar-refractivity contribution in [3.05, 3.63) is 53.1 Å². The smallest absolute Gasteiger partial charge is 0.333 e. The number of ether oxygens (including phenoxy) is 1. The first-order valence-corrected chi connectivity index (χ1v) is 11.7. The van der Waals surface area contributed by atoms with Crippen LogP contribution < -0.4 is 0 Å². The van der Waals surface area contributed by atoms with Crippen LogP contribution in [0, 0.1) is 0 Å². The van der Waals surface area contributed by atoms with Crippen LogP contribution in [0.1, 0.15) is 67.9 Å². The Morgan fingerprint density at radius 2 is 1.97 bits per heavy atom. The topological polar surface area (TPSA) is 66.9 Å². The molecule has 0 N–H and O–H groups in total. The second-order valence-corrected chi connectivity index (χ2v) is 8.56. The molecule has 0 aromatic heterocycles. The molecule has 0 radical (unpaired) electrons. The van der Waals surface area contributed by atoms with Crippen molar-refractivity contribution in [3.8, 4) is 0 Å². The van der Waals surface area contributed by atoms with Crippen molar-refractivity contribution in [1.82, 2.24) is 9.80 Å². The summed E-state index contributed by atoms with van der Waals surface area (Å²) in [6, 6.07) is 5.74. The molecule has 0 saturated heterocycles. The van der Waals surface area contributed by atoms with E-state index in [1.807, 2.05) is 24.3 Å². The second kappa shape index (κ2) is 10.7. The average Bonchev–Trinajstić information content (AvgIpc) is 2.79. The van der Waals surface area contributed by atoms with E-state index in [0.29, 0.717) is 36.2 Å². The van der Waals surface area contributed by atoms with Gasteiger partial charge in [-0.05, 0) is 37.9 Å². The Labute approximate surface area is 190 Å². The number of rotatable bonds is 11. The predicted molar refractivity (Wildman–Crippen MR) is 125 cm³/mol. The van der Waals surface area contributed by atoms with Crippen molar-refractivity contribution in [2.45, 2.75) is 58.9 Å². The summed E-state index contributed by atoms with van der Waals surface area (Å²) in [6.45, 7) is 11.5. The monoisotopic (exact) mass is 438 g/mol. The molecule has 0 spiro atoms. The number of amides is 2. The highest BCUT2D eigenvalue weighted by atomic mass is 16.5. The van der Waals surface area contributed by atoms with Gasteiger partial charge in [-0.1, -0.05) is 57.9 Å². The van der Waals surface area contributed by atoms with Crippen molar-refractivity contribution >= 4 is 23.4 Å². The molecule has 1 atom stereocenters. The SMILES string of the molecule is C=C(C)C(=O)OCCN(CC)C1C=C2C(=O)N(CCCCCC)C(=O)c3cccc(c32)C1. The maximum Gasteiger partial charge on any atom is 0.333 e. The predicted octanol–water partition coefficient (Wildman–Crippen LogP) is 4.00. The number of likely N-dealkylation sites (N-methyl/N-ethyl adjacent to an activating group) is 1. The van der Waals surface area contributed by atoms with Gasteiger partial charge in [0.05, 0.1) is 0 Å². The summed E-state index contributed by atoms with van der Waals surface area (Å²) in [7, 11) is 0. The molecule has 1 unspecified atom stereocenters. The molecule has 1 aliphatic heterocycles. The first-order chi connectivity index (χ1) is 15.4. The van der Waals surface area contributed by atoms with Crippen molar-refractivity contribution in [3.63, 3.8) is 0 Å². The Hall–Kier alpha value is -2.73. The fourth-order valence-electron chi connectivity index (χ4n) is 4.46. The van der Waals surface area contributed by atoms with E-state index in [0.717, 1.165) is 43.4 Å². The van der Waals surface area contributed by atoms with Gasteiger partial charge in [-0.3, -0.25) is 19.4 Å². The highest BCUT2D eigenvalue weighted by Crippen LogP contribution is 2.36. The zero-order valence-corrected chi connectivity index (χ0v) is 19.5. The van der Waals surface area contributed by atoms with Crippen LogP contribution in [0.5, 0.6) is 0 Å². The van der Waals surface area contributed by atoms with Crippen molar-refractivity contribution in [2.75, 3.05) is 26.2 Å². The average molecular weight is 439 g/mol. The summed E-state index contributed by atoms with van der Waals surface area (Å²) >= 11 is 0. The molecule has 1 aromatic carbocycles. The zero-order valence-electron chi connectivity index (χ0n) is 19.5. The molecule has 6 nitrogen and oxygen atoms in total. The number of unbranched alkanes of at least 4 members (excludes halogenated alkanes) is 3. The highest BCUT2D eigenvalue weighted by Gasteiger charge is 2.39. The third kappa shape index (κ3) is 5.01. The molecule has 1 aliphatic carbocycles. The van der Waals surface area contributed by atoms with Gasteiger partial charge in [-0.15, -0.1) is 0 Å². The molecule has 0 saturated carbocycles. The van der Waals surface area contributed by atoms with Crippen LogP contribution in [0.4, 0.5) is 0 Å². The molecule has 2 aliphatic rings. The molecule has 1 heterocycles. The van der Waals surface area contributed by atoms with Gasteiger partial charge in [0.25, 0.3) is 11.8 Å². The van der Waals surface area contributed by atoms with E-state index in [1.165, 1.54) is 4.90 Å². The number of carbonyl (C=O) groups excluding carboxylic acids is 3. The van der Waals surface area contributed by atoms with Crippen LogP contribution in [0.25, 0.3) is 5.57 Å². The maximum atomic E-state index is 13.4. The quantitative estimate of drug-likeness (QED) is 0.226. The van der Waals surface area contributed by atoms with Gasteiger partial charge in [0, 0.05) is 41.4 Å². The lowest BCUT2D eigenvalue weighted by atomic mass is 9.81. The third-order valence-electron chi connectivity index (χ3n) is 6.23. The van der Waals surface area contributed by atoms with E-state index in [2.05, 4.69) is 25.3 Å². The van der Waals surface area contributed by atoms with Crippen LogP contribution in [0.3, 0.4) is 0 Å². The molecule has 3 rings (SSSR count). The van der Waals surface area contributed by atoms with E-state index in [9.17, 15) is 14.4 Å². The minimum Gasteiger partial charge on any atom is -0.461 e. The third-order valence-corrected chi connectivity index (χ3v) is 6.23. The Morgan fingerprint density at radius 1 is 1.19 bits per heavy atom. The Balaban J connectivity index is 1.82. The number of carbonyl (C=O) groups is 3. The van der Waals surface area contributed by atoms with Gasteiger partial charge in [0.1, 0.15) is 6.61 Å². The van der Waals surface area contributed by atoms with E-state index in [1.54, 1.807) is 6.92 Å². The highest BCUT2D eigenvalue weighted by molar-refractivity contribution is 6.31. The molecule has 0 fully saturated rings. The number of hydrogen-bond acceptors (Lipinski definition) is 5. The summed E-state index contributed by atoms with van der Waals surface area (Å²) in [5.74, 6) is -0.767. The second-order valence-electron chi connectivity index (χ2n) is 8.56. The van der Waals surface area contributed by atoms with Crippen molar-refractivity contribution in [1.29, 1.82) is 0 Å². The summed E-state index contributed by atoms with van der Waals surface area (Å²) < 4.78 is 5.28. The zero-order chi connectivity index (χ0) is 23.3. The van der Waals surface area contributed by atoms with Crippen molar-refractivity contribution < 1.29 is 19.1 Å². The number of nitrogens with zero attached hydrogens (tertiary/aromatic N) is 2. The Morgan fingerprint density at radius 3 is 2.66 bits per heavy atom. The summed E-state index contributed by atoms with van der Waals surface area (Å²) in [6.07, 6.45) is 6.76. The molecular formula is C26H34N2O4. The maximum absolute atomic E-state index is 13.4. The lowest BCUT2D eigenvalue weighted by molar-refractivity contribution is -0.139. The molecule has 6 heteroatoms. The van der Waals surface area contributed by atoms with Gasteiger partial charge >= 0.3 is 5.97 Å². The summed E-state index contributed by atoms with van der Waals surface area (Å²) in [5, 5.41) is 0. The van der Waals surface area contributed by atoms with Crippen molar-refractivity contribution in [2.24, 2.45) is 0 Å². The van der Waals surface area contributed by atoms with Gasteiger partial charge in [0.15, 0.2) is 0 Å². The standard InChI is InChI=1S/C26H34N2O4/c1-5-7-8-9-13-28-24(29)21-12-10-11-19-16-20(17-22(23(19)21)25(28)30)27(6-2)14-15-32-26(31)18(3)4/h10-12,17,20H,3,5-9,13-16H2,1-2,4H3. The van der Waals surface area contributed by atoms with Gasteiger partial charge in [-0.25, -0.2) is 4.79 Å². The molecule has 172 valence electrons. The molecule has 0 bridgehead atoms. The Bertz CT molecular complexity index is 934. The normalized spacial score (nSPS) is 17.3. The van der Waals surface area contributed by atoms with E-state index < -0.39 is 5.97 Å². The lowest BCUT2D eigenvalue weighted by Gasteiger charge is -2.37. The summed E-state index contributed by atoms with van der Waals surface area (Å²) in [4.78, 5) is 41.7. The number of esters is 1. The van der Waals surface area contributed by atoms with Crippen LogP contribution in [0.15, 0.2) is 36.4 Å². The van der Waals surface area contributed by atoms with Crippen LogP contribution in [0.2, 0.25) is 0 Å². The van der Waals surface area contributed by atoms with Gasteiger partial charge in [0.2, 0.25) is 0 Å². The number of hydrogen-bond donors (Lipinski definition) is 0. The molecule has 2 amide bonds. The first kappa shape index (κ1) is 23.9. The number of imide groups is 1. The minimum absolute atomic E-state index is 0.000346. The molecule has 32 heavy (non-hydrogen) atoms. The van der Waals surface area contributed by atoms with E-state index in [4.69, 9.17) is 4.74 Å². The first-order valence-electron chi connectivity index (χ1n) is 11.7. The lowest BCUT2D eigenvalue weighted by Crippen LogP contribution is -2.46. The fraction of sp³-hybridized carbons (Fsp3) is 0.500. The molecular weight excluding hydrogens is 404 g/mol. The number of benzene rings is 1. The summed E-state index contributed by atoms with van der Waals surface area (Å²) in [5.41, 5.74) is 3.45. The van der Waals surface area contributed by atoms with Crippen LogP contribution >= 0.6 is 0 Å². The van der Waals surface area contributed by atoms with Crippen LogP contribution in [-0.2, 0) is 20.7 Å². The van der Waals surface area contributed by atoms with Gasteiger partial charge in [-0.2, -0.15) is 0 Å². The van der Waals surface area contributed by atoms with E-state index in [-0.39, 0.29) is 24.5 Å². The van der Waals surface area contributed by atoms with Gasteiger partial charge < -0.3 is 4.74 Å². The molecule has 1 aromatic rings. The van der Waals surface area contributed by atoms with E-state index >= 15 is 0 Å².